The van der Waals surface area contributed by atoms with Crippen LogP contribution in [0.1, 0.15) is 30.1 Å². The molecule has 34 heavy (non-hydrogen) atoms. The molecular weight excluding hydrogens is 420 g/mol. The fourth-order valence-electron chi connectivity index (χ4n) is 5.42. The molecule has 6 rings (SSSR count). The molecule has 1 aliphatic heterocycles. The number of methoxy groups -OCH3 is 1. The Morgan fingerprint density at radius 3 is 2.91 bits per heavy atom. The van der Waals surface area contributed by atoms with Crippen LogP contribution in [0.3, 0.4) is 0 Å². The lowest BCUT2D eigenvalue weighted by molar-refractivity contribution is 0.206. The van der Waals surface area contributed by atoms with E-state index in [1.807, 2.05) is 12.1 Å². The average Bonchev–Trinajstić information content (AvgIpc) is 3.50. The van der Waals surface area contributed by atoms with Crippen LogP contribution >= 0.6 is 0 Å². The van der Waals surface area contributed by atoms with Gasteiger partial charge in [-0.1, -0.05) is 36.4 Å². The largest absolute Gasteiger partial charge is 0.497 e. The van der Waals surface area contributed by atoms with E-state index in [1.165, 1.54) is 35.1 Å². The summed E-state index contributed by atoms with van der Waals surface area (Å²) in [4.78, 5) is 11.3. The van der Waals surface area contributed by atoms with E-state index >= 15 is 0 Å². The second kappa shape index (κ2) is 8.99. The lowest BCUT2D eigenvalue weighted by atomic mass is 9.96. The monoisotopic (exact) mass is 450 g/mol. The van der Waals surface area contributed by atoms with E-state index in [-0.39, 0.29) is 0 Å². The first-order valence-electron chi connectivity index (χ1n) is 12.2. The summed E-state index contributed by atoms with van der Waals surface area (Å²) in [5.74, 6) is 2.45. The number of hydrogen-bond acceptors (Lipinski definition) is 3. The molecule has 1 saturated heterocycles. The van der Waals surface area contributed by atoms with Crippen LogP contribution in [0.5, 0.6) is 5.75 Å². The Balaban J connectivity index is 1.25. The molecule has 1 atom stereocenters. The molecule has 5 nitrogen and oxygen atoms in total. The van der Waals surface area contributed by atoms with Crippen LogP contribution in [0.15, 0.2) is 79.1 Å². The molecule has 172 valence electrons. The Bertz CT molecular complexity index is 1430. The van der Waals surface area contributed by atoms with Gasteiger partial charge in [0.05, 0.1) is 18.3 Å². The predicted octanol–water partition coefficient (Wildman–Crippen LogP) is 5.91. The first kappa shape index (κ1) is 21.0. The molecular formula is C29H30N4O. The third-order valence-electron chi connectivity index (χ3n) is 7.16. The Morgan fingerprint density at radius 1 is 1.06 bits per heavy atom. The number of aromatic nitrogens is 3. The van der Waals surface area contributed by atoms with Crippen LogP contribution in [-0.4, -0.2) is 46.0 Å². The van der Waals surface area contributed by atoms with Gasteiger partial charge in [0, 0.05) is 47.9 Å². The summed E-state index contributed by atoms with van der Waals surface area (Å²) in [6.07, 6.45) is 7.78. The van der Waals surface area contributed by atoms with Crippen LogP contribution in [-0.2, 0) is 6.42 Å². The maximum atomic E-state index is 5.47. The summed E-state index contributed by atoms with van der Waals surface area (Å²) in [7, 11) is 1.71. The highest BCUT2D eigenvalue weighted by molar-refractivity contribution is 5.83. The van der Waals surface area contributed by atoms with Gasteiger partial charge in [0.1, 0.15) is 11.6 Å². The predicted molar refractivity (Wildman–Crippen MR) is 138 cm³/mol. The van der Waals surface area contributed by atoms with Crippen LogP contribution < -0.4 is 4.74 Å². The summed E-state index contributed by atoms with van der Waals surface area (Å²) in [5.41, 5.74) is 5.92. The Morgan fingerprint density at radius 2 is 1.97 bits per heavy atom. The summed E-state index contributed by atoms with van der Waals surface area (Å²) in [6.45, 7) is 3.28. The zero-order valence-electron chi connectivity index (χ0n) is 19.6. The Labute approximate surface area is 200 Å². The second-order valence-corrected chi connectivity index (χ2v) is 9.26. The number of H-pyrrole nitrogens is 1. The van der Waals surface area contributed by atoms with Gasteiger partial charge in [-0.2, -0.15) is 0 Å². The van der Waals surface area contributed by atoms with Gasteiger partial charge in [-0.25, -0.2) is 4.98 Å². The maximum absolute atomic E-state index is 5.47. The molecule has 0 amide bonds. The van der Waals surface area contributed by atoms with Gasteiger partial charge >= 0.3 is 0 Å². The van der Waals surface area contributed by atoms with Crippen LogP contribution in [0.4, 0.5) is 0 Å². The van der Waals surface area contributed by atoms with Crippen molar-refractivity contribution in [2.45, 2.75) is 25.2 Å². The van der Waals surface area contributed by atoms with Crippen molar-refractivity contribution in [2.24, 2.45) is 0 Å². The number of imidazole rings is 1. The van der Waals surface area contributed by atoms with E-state index < -0.39 is 0 Å². The van der Waals surface area contributed by atoms with Crippen molar-refractivity contribution in [2.75, 3.05) is 26.7 Å². The van der Waals surface area contributed by atoms with Gasteiger partial charge in [-0.3, -0.25) is 0 Å². The van der Waals surface area contributed by atoms with E-state index in [0.29, 0.717) is 5.92 Å². The summed E-state index contributed by atoms with van der Waals surface area (Å²) >= 11 is 0. The molecule has 0 bridgehead atoms. The van der Waals surface area contributed by atoms with E-state index in [4.69, 9.17) is 9.72 Å². The highest BCUT2D eigenvalue weighted by atomic mass is 16.5. The molecule has 5 aromatic rings. The second-order valence-electron chi connectivity index (χ2n) is 9.26. The van der Waals surface area contributed by atoms with E-state index in [1.54, 1.807) is 7.11 Å². The van der Waals surface area contributed by atoms with Gasteiger partial charge in [0.15, 0.2) is 0 Å². The lowest BCUT2D eigenvalue weighted by Crippen LogP contribution is -2.36. The number of ether oxygens (including phenoxy) is 1. The van der Waals surface area contributed by atoms with Crippen molar-refractivity contribution < 1.29 is 4.74 Å². The molecule has 0 radical (unpaired) electrons. The maximum Gasteiger partial charge on any atom is 0.119 e. The highest BCUT2D eigenvalue weighted by Gasteiger charge is 2.26. The number of para-hydroxylation sites is 1. The molecule has 1 aliphatic rings. The van der Waals surface area contributed by atoms with Crippen LogP contribution in [0.25, 0.3) is 27.7 Å². The fourth-order valence-corrected chi connectivity index (χ4v) is 5.42. The van der Waals surface area contributed by atoms with Crippen molar-refractivity contribution in [1.29, 1.82) is 0 Å². The summed E-state index contributed by atoms with van der Waals surface area (Å²) in [6, 6.07) is 23.2. The van der Waals surface area contributed by atoms with Crippen LogP contribution in [0, 0.1) is 0 Å². The minimum atomic E-state index is 0.422. The number of benzene rings is 2. The number of nitrogens with one attached hydrogen (secondary N) is 1. The Hall–Kier alpha value is -3.57. The number of nitrogens with zero attached hydrogens (tertiary/aromatic N) is 3. The van der Waals surface area contributed by atoms with Crippen LogP contribution in [0.2, 0.25) is 0 Å². The number of rotatable bonds is 6. The van der Waals surface area contributed by atoms with Crippen molar-refractivity contribution >= 4 is 16.4 Å². The first-order chi connectivity index (χ1) is 16.8. The molecule has 4 heterocycles. The van der Waals surface area contributed by atoms with E-state index in [0.717, 1.165) is 48.6 Å². The number of piperidine rings is 1. The van der Waals surface area contributed by atoms with Crippen molar-refractivity contribution in [3.05, 3.63) is 90.5 Å². The molecule has 2 aromatic carbocycles. The number of aromatic amines is 1. The minimum Gasteiger partial charge on any atom is -0.497 e. The number of hydrogen-bond donors (Lipinski definition) is 1. The van der Waals surface area contributed by atoms with Gasteiger partial charge in [0.2, 0.25) is 0 Å². The molecule has 0 aliphatic carbocycles. The number of fused-ring (bicyclic) bond motifs is 2. The van der Waals surface area contributed by atoms with E-state index in [2.05, 4.69) is 81.3 Å². The topological polar surface area (TPSA) is 45.6 Å². The number of likely N-dealkylation sites (tertiary alicyclic amines) is 1. The minimum absolute atomic E-state index is 0.422. The van der Waals surface area contributed by atoms with Gasteiger partial charge in [-0.05, 0) is 61.7 Å². The smallest absolute Gasteiger partial charge is 0.119 e. The average molecular weight is 451 g/mol. The normalized spacial score (nSPS) is 16.9. The number of pyridine rings is 1. The van der Waals surface area contributed by atoms with Gasteiger partial charge in [-0.15, -0.1) is 0 Å². The highest BCUT2D eigenvalue weighted by Crippen LogP contribution is 2.33. The third kappa shape index (κ3) is 3.86. The van der Waals surface area contributed by atoms with Gasteiger partial charge < -0.3 is 19.0 Å². The SMILES string of the molecule is COc1cccc(-c2nc(C3CCCN(CCc4c[nH]c5ccccc45)C3)n3ccccc23)c1. The standard InChI is InChI=1S/C29H30N4O/c1-34-24-10-6-8-21(18-24)28-27-13-4-5-16-33(27)29(31-28)23-9-7-15-32(20-23)17-14-22-19-30-26-12-3-2-11-25(22)26/h2-6,8,10-13,16,18-19,23,30H,7,9,14-15,17,20H2,1H3. The molecule has 1 N–H and O–H groups in total. The van der Waals surface area contributed by atoms with Crippen molar-refractivity contribution in [3.63, 3.8) is 0 Å². The lowest BCUT2D eigenvalue weighted by Gasteiger charge is -2.32. The quantitative estimate of drug-likeness (QED) is 0.350. The summed E-state index contributed by atoms with van der Waals surface area (Å²) in [5, 5.41) is 1.35. The molecule has 1 fully saturated rings. The zero-order valence-corrected chi connectivity index (χ0v) is 19.6. The van der Waals surface area contributed by atoms with Gasteiger partial charge in [0.25, 0.3) is 0 Å². The fraction of sp³-hybridized carbons (Fsp3) is 0.276. The molecule has 5 heteroatoms. The van der Waals surface area contributed by atoms with Crippen molar-refractivity contribution in [3.8, 4) is 17.0 Å². The molecule has 3 aromatic heterocycles. The third-order valence-corrected chi connectivity index (χ3v) is 7.16. The summed E-state index contributed by atoms with van der Waals surface area (Å²) < 4.78 is 7.76. The van der Waals surface area contributed by atoms with Crippen molar-refractivity contribution in [1.82, 2.24) is 19.3 Å². The molecule has 0 saturated carbocycles. The Kier molecular flexibility index (Phi) is 5.55. The first-order valence-corrected chi connectivity index (χ1v) is 12.2. The zero-order chi connectivity index (χ0) is 22.9. The van der Waals surface area contributed by atoms with E-state index in [9.17, 15) is 0 Å². The molecule has 1 unspecified atom stereocenters. The molecule has 0 spiro atoms.